The molecule has 1 aliphatic heterocycles. The van der Waals surface area contributed by atoms with Gasteiger partial charge in [0.25, 0.3) is 10.0 Å². The molecule has 0 bridgehead atoms. The van der Waals surface area contributed by atoms with Crippen LogP contribution in [0.5, 0.6) is 0 Å². The minimum Gasteiger partial charge on any atom is -0.463 e. The SMILES string of the molecule is CCC(=O)N1N=C(c2ccco2)C[C@@H]1c1ccccc1NS(=O)(=O)c1ccc(Cl)cc1. The molecular weight excluding hydrogens is 438 g/mol. The minimum atomic E-state index is -3.85. The van der Waals surface area contributed by atoms with Gasteiger partial charge in [0.15, 0.2) is 0 Å². The van der Waals surface area contributed by atoms with Crippen molar-refractivity contribution in [3.63, 3.8) is 0 Å². The van der Waals surface area contributed by atoms with E-state index in [1.165, 1.54) is 29.3 Å². The average Bonchev–Trinajstić information content (AvgIpc) is 3.44. The highest BCUT2D eigenvalue weighted by Crippen LogP contribution is 2.37. The summed E-state index contributed by atoms with van der Waals surface area (Å²) in [5.41, 5.74) is 1.66. The van der Waals surface area contributed by atoms with Gasteiger partial charge in [-0.2, -0.15) is 5.10 Å². The van der Waals surface area contributed by atoms with Crippen LogP contribution in [-0.2, 0) is 14.8 Å². The minimum absolute atomic E-state index is 0.0899. The smallest absolute Gasteiger partial charge is 0.261 e. The Labute approximate surface area is 185 Å². The fourth-order valence-electron chi connectivity index (χ4n) is 3.43. The standard InChI is InChI=1S/C22H20ClN3O4S/c1-2-22(27)26-20(14-19(24-26)21-8-5-13-30-21)17-6-3-4-7-18(17)25-31(28,29)16-11-9-15(23)10-12-16/h3-13,20,25H,2,14H2,1H3/t20-/m1/s1. The number of amides is 1. The van der Waals surface area contributed by atoms with E-state index in [2.05, 4.69) is 9.82 Å². The molecule has 0 fully saturated rings. The Balaban J connectivity index is 1.69. The molecule has 0 aliphatic carbocycles. The number of nitrogens with zero attached hydrogens (tertiary/aromatic N) is 2. The number of nitrogens with one attached hydrogen (secondary N) is 1. The summed E-state index contributed by atoms with van der Waals surface area (Å²) >= 11 is 5.88. The predicted molar refractivity (Wildman–Crippen MR) is 118 cm³/mol. The molecule has 2 heterocycles. The summed E-state index contributed by atoms with van der Waals surface area (Å²) in [6.07, 6.45) is 2.22. The molecule has 0 saturated carbocycles. The molecule has 7 nitrogen and oxygen atoms in total. The summed E-state index contributed by atoms with van der Waals surface area (Å²) in [5, 5.41) is 6.34. The number of halogens is 1. The van der Waals surface area contributed by atoms with Gasteiger partial charge in [-0.05, 0) is 42.5 Å². The molecule has 1 atom stereocenters. The Bertz CT molecular complexity index is 1220. The third-order valence-corrected chi connectivity index (χ3v) is 6.60. The monoisotopic (exact) mass is 457 g/mol. The summed E-state index contributed by atoms with van der Waals surface area (Å²) in [5.74, 6) is 0.414. The molecule has 0 radical (unpaired) electrons. The van der Waals surface area contributed by atoms with Crippen LogP contribution in [0.25, 0.3) is 0 Å². The Morgan fingerprint density at radius 1 is 1.16 bits per heavy atom. The maximum atomic E-state index is 12.9. The Hall–Kier alpha value is -3.10. The van der Waals surface area contributed by atoms with Crippen molar-refractivity contribution in [3.8, 4) is 0 Å². The van der Waals surface area contributed by atoms with E-state index < -0.39 is 16.1 Å². The number of hydrogen-bond donors (Lipinski definition) is 1. The van der Waals surface area contributed by atoms with Gasteiger partial charge in [-0.15, -0.1) is 0 Å². The maximum Gasteiger partial charge on any atom is 0.261 e. The zero-order valence-electron chi connectivity index (χ0n) is 16.7. The van der Waals surface area contributed by atoms with Crippen molar-refractivity contribution in [2.75, 3.05) is 4.72 Å². The summed E-state index contributed by atoms with van der Waals surface area (Å²) < 4.78 is 33.9. The van der Waals surface area contributed by atoms with Crippen LogP contribution in [0, 0.1) is 0 Å². The van der Waals surface area contributed by atoms with E-state index in [0.717, 1.165) is 0 Å². The molecule has 0 unspecified atom stereocenters. The topological polar surface area (TPSA) is 92.0 Å². The fraction of sp³-hybridized carbons (Fsp3) is 0.182. The van der Waals surface area contributed by atoms with Crippen LogP contribution in [0.2, 0.25) is 5.02 Å². The van der Waals surface area contributed by atoms with Gasteiger partial charge in [-0.25, -0.2) is 13.4 Å². The van der Waals surface area contributed by atoms with Crippen LogP contribution in [-0.4, -0.2) is 25.0 Å². The quantitative estimate of drug-likeness (QED) is 0.574. The summed E-state index contributed by atoms with van der Waals surface area (Å²) in [6, 6.07) is 16.0. The second-order valence-electron chi connectivity index (χ2n) is 6.98. The third-order valence-electron chi connectivity index (χ3n) is 4.96. The second-order valence-corrected chi connectivity index (χ2v) is 9.10. The van der Waals surface area contributed by atoms with E-state index in [4.69, 9.17) is 16.0 Å². The van der Waals surface area contributed by atoms with Crippen molar-refractivity contribution in [2.45, 2.75) is 30.7 Å². The molecule has 2 aromatic carbocycles. The second kappa shape index (κ2) is 8.56. The number of carbonyl (C=O) groups is 1. The van der Waals surface area contributed by atoms with Crippen molar-refractivity contribution in [1.29, 1.82) is 0 Å². The number of hydrazone groups is 1. The van der Waals surface area contributed by atoms with Crippen molar-refractivity contribution >= 4 is 38.9 Å². The lowest BCUT2D eigenvalue weighted by Crippen LogP contribution is -2.27. The van der Waals surface area contributed by atoms with Gasteiger partial charge in [-0.3, -0.25) is 9.52 Å². The fourth-order valence-corrected chi connectivity index (χ4v) is 4.65. The van der Waals surface area contributed by atoms with Crippen molar-refractivity contribution in [1.82, 2.24) is 5.01 Å². The highest BCUT2D eigenvalue weighted by molar-refractivity contribution is 7.92. The first-order valence-electron chi connectivity index (χ1n) is 9.70. The number of rotatable bonds is 6. The van der Waals surface area contributed by atoms with Crippen LogP contribution < -0.4 is 4.72 Å². The third kappa shape index (κ3) is 4.35. The molecule has 0 spiro atoms. The van der Waals surface area contributed by atoms with Gasteiger partial charge in [-0.1, -0.05) is 36.7 Å². The van der Waals surface area contributed by atoms with E-state index in [1.54, 1.807) is 49.6 Å². The number of para-hydroxylation sites is 1. The van der Waals surface area contributed by atoms with E-state index in [9.17, 15) is 13.2 Å². The van der Waals surface area contributed by atoms with Gasteiger partial charge in [0, 0.05) is 23.4 Å². The van der Waals surface area contributed by atoms with Gasteiger partial charge in [0.05, 0.1) is 22.9 Å². The van der Waals surface area contributed by atoms with Crippen molar-refractivity contribution in [2.24, 2.45) is 5.10 Å². The van der Waals surface area contributed by atoms with Crippen LogP contribution >= 0.6 is 11.6 Å². The molecule has 160 valence electrons. The molecule has 4 rings (SSSR count). The van der Waals surface area contributed by atoms with Crippen LogP contribution in [0.1, 0.15) is 37.1 Å². The van der Waals surface area contributed by atoms with Crippen molar-refractivity contribution < 1.29 is 17.6 Å². The normalized spacial score (nSPS) is 16.3. The van der Waals surface area contributed by atoms with Gasteiger partial charge < -0.3 is 4.42 Å². The number of hydrogen-bond acceptors (Lipinski definition) is 5. The molecule has 9 heteroatoms. The van der Waals surface area contributed by atoms with Gasteiger partial charge in [0.1, 0.15) is 11.5 Å². The number of sulfonamides is 1. The average molecular weight is 458 g/mol. The lowest BCUT2D eigenvalue weighted by Gasteiger charge is -2.24. The van der Waals surface area contributed by atoms with E-state index in [-0.39, 0.29) is 17.2 Å². The maximum absolute atomic E-state index is 12.9. The Morgan fingerprint density at radius 3 is 2.58 bits per heavy atom. The number of carbonyl (C=O) groups excluding carboxylic acids is 1. The Morgan fingerprint density at radius 2 is 1.90 bits per heavy atom. The van der Waals surface area contributed by atoms with Crippen LogP contribution in [0.3, 0.4) is 0 Å². The zero-order valence-corrected chi connectivity index (χ0v) is 18.2. The molecule has 31 heavy (non-hydrogen) atoms. The van der Waals surface area contributed by atoms with Gasteiger partial charge >= 0.3 is 0 Å². The predicted octanol–water partition coefficient (Wildman–Crippen LogP) is 4.82. The molecule has 1 N–H and O–H groups in total. The molecule has 3 aromatic rings. The number of furan rings is 1. The molecule has 1 amide bonds. The van der Waals surface area contributed by atoms with E-state index in [0.29, 0.717) is 34.2 Å². The first-order chi connectivity index (χ1) is 14.9. The number of benzene rings is 2. The highest BCUT2D eigenvalue weighted by Gasteiger charge is 2.35. The van der Waals surface area contributed by atoms with Crippen molar-refractivity contribution in [3.05, 3.63) is 83.3 Å². The first-order valence-corrected chi connectivity index (χ1v) is 11.6. The summed E-state index contributed by atoms with van der Waals surface area (Å²) in [6.45, 7) is 1.76. The first kappa shape index (κ1) is 21.1. The lowest BCUT2D eigenvalue weighted by atomic mass is 9.99. The summed E-state index contributed by atoms with van der Waals surface area (Å²) in [7, 11) is -3.85. The van der Waals surface area contributed by atoms with Crippen LogP contribution in [0.15, 0.2) is 81.3 Å². The Kier molecular flexibility index (Phi) is 5.84. The number of anilines is 1. The van der Waals surface area contributed by atoms with Gasteiger partial charge in [0.2, 0.25) is 5.91 Å². The molecule has 0 saturated heterocycles. The van der Waals surface area contributed by atoms with Crippen LogP contribution in [0.4, 0.5) is 5.69 Å². The molecule has 1 aromatic heterocycles. The molecular formula is C22H20ClN3O4S. The van der Waals surface area contributed by atoms with E-state index >= 15 is 0 Å². The highest BCUT2D eigenvalue weighted by atomic mass is 35.5. The largest absolute Gasteiger partial charge is 0.463 e. The summed E-state index contributed by atoms with van der Waals surface area (Å²) in [4.78, 5) is 12.7. The van der Waals surface area contributed by atoms with E-state index in [1.807, 2.05) is 0 Å². The lowest BCUT2D eigenvalue weighted by molar-refractivity contribution is -0.132. The molecule has 1 aliphatic rings. The zero-order chi connectivity index (χ0) is 22.0.